The number of carbonyl (C=O) groups excluding carboxylic acids is 2. The van der Waals surface area contributed by atoms with E-state index < -0.39 is 0 Å². The number of nitrogens with zero attached hydrogens (tertiary/aromatic N) is 1. The third-order valence-corrected chi connectivity index (χ3v) is 4.07. The van der Waals surface area contributed by atoms with E-state index in [0.29, 0.717) is 30.8 Å². The highest BCUT2D eigenvalue weighted by molar-refractivity contribution is 6.31. The van der Waals surface area contributed by atoms with Gasteiger partial charge in [0, 0.05) is 37.5 Å². The first-order chi connectivity index (χ1) is 10.2. The average molecular weight is 309 g/mol. The molecule has 0 radical (unpaired) electrons. The van der Waals surface area contributed by atoms with Gasteiger partial charge in [0.2, 0.25) is 11.8 Å². The number of hydrogen-bond donors (Lipinski definition) is 1. The molecule has 114 valence electrons. The molecule has 0 aromatic heterocycles. The van der Waals surface area contributed by atoms with Gasteiger partial charge in [0.25, 0.3) is 0 Å². The molecule has 0 aliphatic carbocycles. The molecule has 0 spiro atoms. The minimum Gasteiger partial charge on any atom is -0.356 e. The summed E-state index contributed by atoms with van der Waals surface area (Å²) in [6.45, 7) is 2.13. The van der Waals surface area contributed by atoms with Crippen molar-refractivity contribution in [1.29, 1.82) is 0 Å². The van der Waals surface area contributed by atoms with Gasteiger partial charge in [0.15, 0.2) is 0 Å². The summed E-state index contributed by atoms with van der Waals surface area (Å²) in [7, 11) is 0. The van der Waals surface area contributed by atoms with Crippen LogP contribution < -0.4 is 5.32 Å². The molecule has 1 aromatic rings. The van der Waals surface area contributed by atoms with Gasteiger partial charge in [0.05, 0.1) is 0 Å². The highest BCUT2D eigenvalue weighted by atomic mass is 35.5. The number of aryl methyl sites for hydroxylation is 1. The van der Waals surface area contributed by atoms with Gasteiger partial charge in [-0.15, -0.1) is 0 Å². The zero-order chi connectivity index (χ0) is 15.1. The fourth-order valence-corrected chi connectivity index (χ4v) is 2.70. The largest absolute Gasteiger partial charge is 0.356 e. The maximum absolute atomic E-state index is 11.8. The van der Waals surface area contributed by atoms with Crippen molar-refractivity contribution in [3.05, 3.63) is 34.9 Å². The first kappa shape index (κ1) is 15.8. The van der Waals surface area contributed by atoms with Gasteiger partial charge in [-0.2, -0.15) is 0 Å². The van der Waals surface area contributed by atoms with Crippen LogP contribution >= 0.6 is 11.6 Å². The first-order valence-electron chi connectivity index (χ1n) is 7.44. The molecule has 4 nitrogen and oxygen atoms in total. The van der Waals surface area contributed by atoms with Crippen molar-refractivity contribution in [3.8, 4) is 0 Å². The molecular formula is C16H21ClN2O2. The molecule has 0 saturated carbocycles. The fraction of sp³-hybridized carbons (Fsp3) is 0.500. The van der Waals surface area contributed by atoms with Crippen LogP contribution in [0, 0.1) is 0 Å². The van der Waals surface area contributed by atoms with Gasteiger partial charge in [-0.05, 0) is 30.9 Å². The summed E-state index contributed by atoms with van der Waals surface area (Å²) in [6.07, 6.45) is 3.58. The smallest absolute Gasteiger partial charge is 0.224 e. The Kier molecular flexibility index (Phi) is 6.05. The van der Waals surface area contributed by atoms with Crippen LogP contribution in [0.3, 0.4) is 0 Å². The Labute approximate surface area is 130 Å². The molecule has 21 heavy (non-hydrogen) atoms. The van der Waals surface area contributed by atoms with Crippen LogP contribution in [0.25, 0.3) is 0 Å². The zero-order valence-corrected chi connectivity index (χ0v) is 12.9. The van der Waals surface area contributed by atoms with E-state index >= 15 is 0 Å². The lowest BCUT2D eigenvalue weighted by Gasteiger charge is -2.15. The van der Waals surface area contributed by atoms with E-state index in [1.807, 2.05) is 29.2 Å². The van der Waals surface area contributed by atoms with Crippen LogP contribution in [0.5, 0.6) is 0 Å². The molecule has 2 amide bonds. The van der Waals surface area contributed by atoms with E-state index in [4.69, 9.17) is 11.6 Å². The third-order valence-electron chi connectivity index (χ3n) is 3.70. The number of nitrogens with one attached hydrogen (secondary N) is 1. The number of likely N-dealkylation sites (tertiary alicyclic amines) is 1. The standard InChI is InChI=1S/C16H21ClN2O2/c17-14-6-2-1-5-13(14)7-8-15(20)18-10-9-16(21)19-11-3-4-12-19/h1-2,5-6H,3-4,7-12H2,(H,18,20). The second kappa shape index (κ2) is 8.03. The summed E-state index contributed by atoms with van der Waals surface area (Å²) in [5, 5.41) is 3.49. The van der Waals surface area contributed by atoms with Gasteiger partial charge in [-0.3, -0.25) is 9.59 Å². The molecule has 1 heterocycles. The predicted molar refractivity (Wildman–Crippen MR) is 83.2 cm³/mol. The SMILES string of the molecule is O=C(CCc1ccccc1Cl)NCCC(=O)N1CCCC1. The molecule has 2 rings (SSSR count). The number of rotatable bonds is 6. The monoisotopic (exact) mass is 308 g/mol. The maximum atomic E-state index is 11.8. The van der Waals surface area contributed by atoms with Crippen molar-refractivity contribution in [2.75, 3.05) is 19.6 Å². The Morgan fingerprint density at radius 2 is 1.86 bits per heavy atom. The number of amides is 2. The first-order valence-corrected chi connectivity index (χ1v) is 7.82. The lowest BCUT2D eigenvalue weighted by atomic mass is 10.1. The van der Waals surface area contributed by atoms with Gasteiger partial charge >= 0.3 is 0 Å². The lowest BCUT2D eigenvalue weighted by Crippen LogP contribution is -2.32. The Hall–Kier alpha value is -1.55. The quantitative estimate of drug-likeness (QED) is 0.877. The number of halogens is 1. The molecule has 0 bridgehead atoms. The number of carbonyl (C=O) groups is 2. The lowest BCUT2D eigenvalue weighted by molar-refractivity contribution is -0.130. The van der Waals surface area contributed by atoms with Crippen molar-refractivity contribution >= 4 is 23.4 Å². The summed E-state index contributed by atoms with van der Waals surface area (Å²) in [6, 6.07) is 7.53. The summed E-state index contributed by atoms with van der Waals surface area (Å²) in [5.74, 6) is 0.100. The topological polar surface area (TPSA) is 49.4 Å². The van der Waals surface area contributed by atoms with Crippen LogP contribution in [0.4, 0.5) is 0 Å². The Bertz CT molecular complexity index is 499. The molecule has 5 heteroatoms. The Balaban J connectivity index is 1.63. The van der Waals surface area contributed by atoms with Gasteiger partial charge < -0.3 is 10.2 Å². The van der Waals surface area contributed by atoms with Crippen molar-refractivity contribution in [2.24, 2.45) is 0 Å². The highest BCUT2D eigenvalue weighted by Crippen LogP contribution is 2.16. The van der Waals surface area contributed by atoms with E-state index in [2.05, 4.69) is 5.32 Å². The number of hydrogen-bond acceptors (Lipinski definition) is 2. The highest BCUT2D eigenvalue weighted by Gasteiger charge is 2.17. The van der Waals surface area contributed by atoms with Crippen molar-refractivity contribution in [2.45, 2.75) is 32.1 Å². The van der Waals surface area contributed by atoms with Crippen LogP contribution in [0.2, 0.25) is 5.02 Å². The third kappa shape index (κ3) is 5.05. The normalized spacial score (nSPS) is 14.2. The second-order valence-electron chi connectivity index (χ2n) is 5.28. The fourth-order valence-electron chi connectivity index (χ4n) is 2.47. The summed E-state index contributed by atoms with van der Waals surface area (Å²) >= 11 is 6.04. The van der Waals surface area contributed by atoms with Crippen molar-refractivity contribution < 1.29 is 9.59 Å². The summed E-state index contributed by atoms with van der Waals surface area (Å²) in [4.78, 5) is 25.4. The summed E-state index contributed by atoms with van der Waals surface area (Å²) < 4.78 is 0. The minimum atomic E-state index is -0.0378. The van der Waals surface area contributed by atoms with E-state index in [-0.39, 0.29) is 11.8 Å². The van der Waals surface area contributed by atoms with Crippen LogP contribution in [0.15, 0.2) is 24.3 Å². The molecule has 1 fully saturated rings. The number of benzene rings is 1. The predicted octanol–water partition coefficient (Wildman–Crippen LogP) is 2.40. The van der Waals surface area contributed by atoms with Crippen LogP contribution in [-0.4, -0.2) is 36.3 Å². The van der Waals surface area contributed by atoms with Gasteiger partial charge in [-0.1, -0.05) is 29.8 Å². The van der Waals surface area contributed by atoms with Crippen molar-refractivity contribution in [1.82, 2.24) is 10.2 Å². The van der Waals surface area contributed by atoms with Crippen LogP contribution in [-0.2, 0) is 16.0 Å². The molecule has 0 unspecified atom stereocenters. The van der Waals surface area contributed by atoms with E-state index in [1.54, 1.807) is 0 Å². The Morgan fingerprint density at radius 3 is 2.57 bits per heavy atom. The molecule has 1 aromatic carbocycles. The minimum absolute atomic E-state index is 0.0378. The Morgan fingerprint density at radius 1 is 1.14 bits per heavy atom. The zero-order valence-electron chi connectivity index (χ0n) is 12.1. The molecule has 1 aliphatic heterocycles. The van der Waals surface area contributed by atoms with E-state index in [1.165, 1.54) is 0 Å². The van der Waals surface area contributed by atoms with E-state index in [9.17, 15) is 9.59 Å². The second-order valence-corrected chi connectivity index (χ2v) is 5.69. The molecular weight excluding hydrogens is 288 g/mol. The molecule has 1 saturated heterocycles. The summed E-state index contributed by atoms with van der Waals surface area (Å²) in [5.41, 5.74) is 0.974. The van der Waals surface area contributed by atoms with Gasteiger partial charge in [0.1, 0.15) is 0 Å². The maximum Gasteiger partial charge on any atom is 0.224 e. The van der Waals surface area contributed by atoms with Gasteiger partial charge in [-0.25, -0.2) is 0 Å². The molecule has 0 atom stereocenters. The van der Waals surface area contributed by atoms with Crippen LogP contribution in [0.1, 0.15) is 31.2 Å². The molecule has 1 N–H and O–H groups in total. The average Bonchev–Trinajstić information content (AvgIpc) is 3.00. The van der Waals surface area contributed by atoms with Crippen molar-refractivity contribution in [3.63, 3.8) is 0 Å². The molecule has 1 aliphatic rings. The van der Waals surface area contributed by atoms with E-state index in [0.717, 1.165) is 31.5 Å².